The van der Waals surface area contributed by atoms with Gasteiger partial charge in [-0.25, -0.2) is 9.99 Å². The highest BCUT2D eigenvalue weighted by Crippen LogP contribution is 2.38. The smallest absolute Gasteiger partial charge is 0.282 e. The van der Waals surface area contributed by atoms with Crippen molar-refractivity contribution in [1.82, 2.24) is 20.0 Å². The number of hydrogen-bond donors (Lipinski definition) is 2. The molecule has 2 unspecified atom stereocenters. The minimum Gasteiger partial charge on any atom is -0.282 e. The molecule has 1 aromatic heterocycles. The number of rotatable bonds is 5. The number of hydrazine groups is 1. The Balaban J connectivity index is 1.42. The van der Waals surface area contributed by atoms with Crippen molar-refractivity contribution >= 4 is 60.4 Å². The first-order valence-electron chi connectivity index (χ1n) is 11.1. The summed E-state index contributed by atoms with van der Waals surface area (Å²) in [7, 11) is -4.51. The molecule has 194 valence electrons. The summed E-state index contributed by atoms with van der Waals surface area (Å²) in [5.74, 6) is -0.655. The molecule has 0 saturated carbocycles. The molecule has 5 rings (SSSR count). The Morgan fingerprint density at radius 1 is 1.08 bits per heavy atom. The van der Waals surface area contributed by atoms with Crippen LogP contribution in [0.5, 0.6) is 0 Å². The van der Waals surface area contributed by atoms with Crippen molar-refractivity contribution in [2.24, 2.45) is 0 Å². The number of halogens is 2. The summed E-state index contributed by atoms with van der Waals surface area (Å²) in [5.41, 5.74) is 3.67. The second-order valence-electron chi connectivity index (χ2n) is 8.55. The lowest BCUT2D eigenvalue weighted by Gasteiger charge is -2.44. The van der Waals surface area contributed by atoms with Gasteiger partial charge in [0.25, 0.3) is 27.5 Å². The SMILES string of the molecule is Cc1nc2ccc(S(=O)(=O)O)cc2c(=O)n1-c1ccc(C(=O)NN2C(=O)C(Cl)C2c2cccc(Br)c2)cc1. The van der Waals surface area contributed by atoms with Crippen molar-refractivity contribution in [2.45, 2.75) is 23.2 Å². The average Bonchev–Trinajstić information content (AvgIpc) is 2.87. The van der Waals surface area contributed by atoms with Gasteiger partial charge in [0.05, 0.1) is 21.5 Å². The molecule has 1 saturated heterocycles. The maximum Gasteiger partial charge on any atom is 0.294 e. The number of aromatic nitrogens is 2. The van der Waals surface area contributed by atoms with E-state index in [0.717, 1.165) is 22.2 Å². The van der Waals surface area contributed by atoms with Crippen LogP contribution in [0.3, 0.4) is 0 Å². The van der Waals surface area contributed by atoms with Crippen LogP contribution in [0.1, 0.15) is 27.8 Å². The molecule has 0 aliphatic carbocycles. The first kappa shape index (κ1) is 26.0. The summed E-state index contributed by atoms with van der Waals surface area (Å²) in [6, 6.07) is 16.3. The Labute approximate surface area is 229 Å². The van der Waals surface area contributed by atoms with Crippen LogP contribution in [0.4, 0.5) is 0 Å². The molecule has 2 N–H and O–H groups in total. The standard InChI is InChI=1S/C25H18BrClN4O6S/c1-13-28-20-10-9-18(38(35,36)37)12-19(20)24(33)30(13)17-7-5-14(6-8-17)23(32)29-31-22(21(27)25(31)34)15-3-2-4-16(26)11-15/h2-12,21-22H,1H3,(H,29,32)(H,35,36,37). The monoisotopic (exact) mass is 616 g/mol. The Hall–Kier alpha value is -3.58. The molecule has 10 nitrogen and oxygen atoms in total. The lowest BCUT2D eigenvalue weighted by atomic mass is 9.95. The Bertz CT molecular complexity index is 1790. The molecule has 0 spiro atoms. The van der Waals surface area contributed by atoms with Gasteiger partial charge in [-0.15, -0.1) is 11.6 Å². The fourth-order valence-electron chi connectivity index (χ4n) is 4.26. The maximum atomic E-state index is 13.2. The quantitative estimate of drug-likeness (QED) is 0.198. The normalized spacial score (nSPS) is 17.4. The van der Waals surface area contributed by atoms with Gasteiger partial charge in [0.2, 0.25) is 0 Å². The van der Waals surface area contributed by atoms with Gasteiger partial charge in [-0.1, -0.05) is 28.1 Å². The Morgan fingerprint density at radius 3 is 2.45 bits per heavy atom. The number of fused-ring (bicyclic) bond motifs is 1. The number of aryl methyl sites for hydroxylation is 1. The number of alkyl halides is 1. The minimum absolute atomic E-state index is 0.00180. The number of carbonyl (C=O) groups excluding carboxylic acids is 2. The van der Waals surface area contributed by atoms with Gasteiger partial charge in [-0.2, -0.15) is 8.42 Å². The maximum absolute atomic E-state index is 13.2. The van der Waals surface area contributed by atoms with E-state index in [2.05, 4.69) is 26.3 Å². The molecule has 3 aromatic carbocycles. The second-order valence-corrected chi connectivity index (χ2v) is 11.4. The fourth-order valence-corrected chi connectivity index (χ4v) is 5.55. The number of β-lactam (4-membered cyclic amide) rings is 1. The largest absolute Gasteiger partial charge is 0.294 e. The summed E-state index contributed by atoms with van der Waals surface area (Å²) >= 11 is 9.61. The summed E-state index contributed by atoms with van der Waals surface area (Å²) in [5, 5.41) is 0.367. The summed E-state index contributed by atoms with van der Waals surface area (Å²) in [4.78, 5) is 42.4. The zero-order valence-corrected chi connectivity index (χ0v) is 22.7. The molecule has 2 atom stereocenters. The van der Waals surface area contributed by atoms with Crippen molar-refractivity contribution < 1.29 is 22.6 Å². The number of benzene rings is 3. The highest BCUT2D eigenvalue weighted by Gasteiger charge is 2.48. The van der Waals surface area contributed by atoms with E-state index in [1.54, 1.807) is 13.0 Å². The molecule has 2 amide bonds. The topological polar surface area (TPSA) is 139 Å². The van der Waals surface area contributed by atoms with Crippen LogP contribution in [0, 0.1) is 6.92 Å². The van der Waals surface area contributed by atoms with E-state index >= 15 is 0 Å². The summed E-state index contributed by atoms with van der Waals surface area (Å²) in [6.45, 7) is 1.61. The van der Waals surface area contributed by atoms with Crippen LogP contribution in [-0.4, -0.2) is 44.7 Å². The van der Waals surface area contributed by atoms with Gasteiger partial charge in [0.1, 0.15) is 17.2 Å². The van der Waals surface area contributed by atoms with Crippen LogP contribution >= 0.6 is 27.5 Å². The van der Waals surface area contributed by atoms with E-state index < -0.39 is 43.8 Å². The predicted octanol–water partition coefficient (Wildman–Crippen LogP) is 3.54. The first-order valence-corrected chi connectivity index (χ1v) is 13.8. The van der Waals surface area contributed by atoms with Gasteiger partial charge < -0.3 is 0 Å². The molecule has 38 heavy (non-hydrogen) atoms. The van der Waals surface area contributed by atoms with Gasteiger partial charge in [-0.05, 0) is 67.1 Å². The zero-order valence-electron chi connectivity index (χ0n) is 19.5. The number of hydrogen-bond acceptors (Lipinski definition) is 6. The van der Waals surface area contributed by atoms with Gasteiger partial charge in [-0.3, -0.25) is 28.9 Å². The van der Waals surface area contributed by atoms with Crippen molar-refractivity contribution in [1.29, 1.82) is 0 Å². The van der Waals surface area contributed by atoms with Crippen LogP contribution < -0.4 is 11.0 Å². The lowest BCUT2D eigenvalue weighted by molar-refractivity contribution is -0.149. The molecule has 2 heterocycles. The Kier molecular flexibility index (Phi) is 6.59. The van der Waals surface area contributed by atoms with E-state index in [-0.39, 0.29) is 16.5 Å². The average molecular weight is 618 g/mol. The number of nitrogens with zero attached hydrogens (tertiary/aromatic N) is 3. The minimum atomic E-state index is -4.51. The first-order chi connectivity index (χ1) is 18.0. The summed E-state index contributed by atoms with van der Waals surface area (Å²) in [6.07, 6.45) is 0. The van der Waals surface area contributed by atoms with Crippen molar-refractivity contribution in [2.75, 3.05) is 0 Å². The molecular weight excluding hydrogens is 600 g/mol. The number of nitrogens with one attached hydrogen (secondary N) is 1. The molecule has 0 bridgehead atoms. The van der Waals surface area contributed by atoms with Crippen molar-refractivity contribution in [3.63, 3.8) is 0 Å². The highest BCUT2D eigenvalue weighted by molar-refractivity contribution is 9.10. The molecule has 1 aliphatic heterocycles. The number of carbonyl (C=O) groups is 2. The third-order valence-electron chi connectivity index (χ3n) is 6.13. The highest BCUT2D eigenvalue weighted by atomic mass is 79.9. The fraction of sp³-hybridized carbons (Fsp3) is 0.120. The van der Waals surface area contributed by atoms with Crippen LogP contribution in [0.2, 0.25) is 0 Å². The predicted molar refractivity (Wildman–Crippen MR) is 143 cm³/mol. The molecule has 1 fully saturated rings. The van der Waals surface area contributed by atoms with Crippen LogP contribution in [0.15, 0.2) is 80.9 Å². The zero-order chi connectivity index (χ0) is 27.4. The number of amides is 2. The third kappa shape index (κ3) is 4.60. The van der Waals surface area contributed by atoms with Gasteiger partial charge in [0, 0.05) is 10.0 Å². The molecule has 13 heteroatoms. The molecule has 4 aromatic rings. The van der Waals surface area contributed by atoms with E-state index in [0.29, 0.717) is 11.5 Å². The summed E-state index contributed by atoms with van der Waals surface area (Å²) < 4.78 is 34.5. The Morgan fingerprint density at radius 2 is 1.79 bits per heavy atom. The van der Waals surface area contributed by atoms with E-state index in [9.17, 15) is 27.4 Å². The van der Waals surface area contributed by atoms with Crippen LogP contribution in [0.25, 0.3) is 16.6 Å². The lowest BCUT2D eigenvalue weighted by Crippen LogP contribution is -2.63. The second kappa shape index (κ2) is 9.62. The molecule has 0 radical (unpaired) electrons. The van der Waals surface area contributed by atoms with Gasteiger partial charge >= 0.3 is 0 Å². The third-order valence-corrected chi connectivity index (χ3v) is 7.90. The van der Waals surface area contributed by atoms with E-state index in [4.69, 9.17) is 11.6 Å². The van der Waals surface area contributed by atoms with Gasteiger partial charge in [0.15, 0.2) is 0 Å². The van der Waals surface area contributed by atoms with E-state index in [1.807, 2.05) is 18.2 Å². The van der Waals surface area contributed by atoms with Crippen molar-refractivity contribution in [3.05, 3.63) is 98.5 Å². The van der Waals surface area contributed by atoms with E-state index in [1.165, 1.54) is 39.9 Å². The van der Waals surface area contributed by atoms with Crippen LogP contribution in [-0.2, 0) is 14.9 Å². The van der Waals surface area contributed by atoms with Crippen molar-refractivity contribution in [3.8, 4) is 5.69 Å². The molecular formula is C25H18BrClN4O6S. The molecule has 1 aliphatic rings.